The maximum atomic E-state index is 14.0. The van der Waals surface area contributed by atoms with Crippen LogP contribution in [0.25, 0.3) is 0 Å². The van der Waals surface area contributed by atoms with Gasteiger partial charge in [-0.1, -0.05) is 5.92 Å². The highest BCUT2D eigenvalue weighted by Crippen LogP contribution is 2.19. The molecule has 0 saturated carbocycles. The van der Waals surface area contributed by atoms with Gasteiger partial charge in [0.05, 0.1) is 0 Å². The van der Waals surface area contributed by atoms with E-state index in [0.29, 0.717) is 0 Å². The number of nitriles is 1. The van der Waals surface area contributed by atoms with Crippen LogP contribution in [0.4, 0.5) is 8.78 Å². The summed E-state index contributed by atoms with van der Waals surface area (Å²) in [6.45, 7) is 2.99. The number of pyridine rings is 1. The molecule has 0 spiro atoms. The minimum atomic E-state index is -1.30. The summed E-state index contributed by atoms with van der Waals surface area (Å²) in [6, 6.07) is 4.85. The predicted octanol–water partition coefficient (Wildman–Crippen LogP) is 2.43. The van der Waals surface area contributed by atoms with Crippen molar-refractivity contribution in [3.05, 3.63) is 62.4 Å². The Bertz CT molecular complexity index is 1010. The number of hydrogen-bond acceptors (Lipinski definition) is 4. The van der Waals surface area contributed by atoms with Crippen LogP contribution >= 0.6 is 0 Å². The summed E-state index contributed by atoms with van der Waals surface area (Å²) < 4.78 is 34.0. The van der Waals surface area contributed by atoms with E-state index in [0.717, 1.165) is 16.7 Å². The Morgan fingerprint density at radius 1 is 1.24 bits per heavy atom. The molecule has 1 heterocycles. The van der Waals surface area contributed by atoms with Crippen molar-refractivity contribution in [3.8, 4) is 23.8 Å². The number of carbonyl (C=O) groups is 1. The van der Waals surface area contributed by atoms with E-state index in [1.165, 1.54) is 27.0 Å². The van der Waals surface area contributed by atoms with Gasteiger partial charge in [-0.05, 0) is 31.5 Å². The van der Waals surface area contributed by atoms with Crippen molar-refractivity contribution in [1.82, 2.24) is 4.57 Å². The lowest BCUT2D eigenvalue weighted by molar-refractivity contribution is 0.0710. The molecule has 0 bridgehead atoms. The van der Waals surface area contributed by atoms with E-state index >= 15 is 0 Å². The Balaban J connectivity index is 2.47. The van der Waals surface area contributed by atoms with Crippen molar-refractivity contribution >= 4 is 5.97 Å². The zero-order valence-electron chi connectivity index (χ0n) is 13.6. The maximum absolute atomic E-state index is 14.0. The number of hydrogen-bond donors (Lipinski definition) is 0. The SMILES string of the molecule is CC#Cc1cc(F)c(C(=O)Oc2cc(C)c(C#N)c(=O)n2C)c(F)c1. The Morgan fingerprint density at radius 2 is 1.84 bits per heavy atom. The molecule has 5 nitrogen and oxygen atoms in total. The first-order chi connectivity index (χ1) is 11.8. The molecule has 0 fully saturated rings. The minimum absolute atomic E-state index is 0.0793. The van der Waals surface area contributed by atoms with Gasteiger partial charge < -0.3 is 4.74 Å². The molecule has 0 unspecified atom stereocenters. The van der Waals surface area contributed by atoms with Crippen LogP contribution in [0.2, 0.25) is 0 Å². The van der Waals surface area contributed by atoms with Crippen molar-refractivity contribution in [3.63, 3.8) is 0 Å². The van der Waals surface area contributed by atoms with Gasteiger partial charge in [0.2, 0.25) is 5.88 Å². The molecule has 0 atom stereocenters. The first-order valence-electron chi connectivity index (χ1n) is 7.04. The standard InChI is InChI=1S/C18H12F2N2O3/c1-4-5-11-7-13(19)16(14(20)8-11)18(24)25-15-6-10(2)12(9-21)17(23)22(15)3/h6-8H,1-3H3. The van der Waals surface area contributed by atoms with Crippen LogP contribution in [0.1, 0.15) is 34.0 Å². The van der Waals surface area contributed by atoms with E-state index in [1.54, 1.807) is 6.07 Å². The predicted molar refractivity (Wildman–Crippen MR) is 85.0 cm³/mol. The molecule has 126 valence electrons. The number of ether oxygens (including phenoxy) is 1. The average Bonchev–Trinajstić information content (AvgIpc) is 2.52. The van der Waals surface area contributed by atoms with Gasteiger partial charge in [-0.2, -0.15) is 5.26 Å². The molecule has 1 aromatic carbocycles. The molecule has 0 aliphatic rings. The number of esters is 1. The third kappa shape index (κ3) is 3.41. The van der Waals surface area contributed by atoms with Crippen molar-refractivity contribution in [2.75, 3.05) is 0 Å². The zero-order chi connectivity index (χ0) is 18.7. The average molecular weight is 342 g/mol. The van der Waals surface area contributed by atoms with Gasteiger partial charge in [0, 0.05) is 18.7 Å². The molecule has 7 heteroatoms. The quantitative estimate of drug-likeness (QED) is 0.621. The monoisotopic (exact) mass is 342 g/mol. The summed E-state index contributed by atoms with van der Waals surface area (Å²) in [7, 11) is 1.28. The van der Waals surface area contributed by atoms with E-state index in [4.69, 9.17) is 10.00 Å². The van der Waals surface area contributed by atoms with Gasteiger partial charge in [0.15, 0.2) is 0 Å². The fourth-order valence-electron chi connectivity index (χ4n) is 2.16. The van der Waals surface area contributed by atoms with Crippen LogP contribution in [0.15, 0.2) is 23.0 Å². The van der Waals surface area contributed by atoms with Gasteiger partial charge in [-0.25, -0.2) is 13.6 Å². The van der Waals surface area contributed by atoms with E-state index in [9.17, 15) is 18.4 Å². The van der Waals surface area contributed by atoms with Gasteiger partial charge in [-0.3, -0.25) is 9.36 Å². The summed E-state index contributed by atoms with van der Waals surface area (Å²) in [4.78, 5) is 24.1. The number of aryl methyl sites for hydroxylation is 1. The molecule has 0 aliphatic carbocycles. The van der Waals surface area contributed by atoms with Crippen molar-refractivity contribution in [2.45, 2.75) is 13.8 Å². The Kier molecular flexibility index (Phi) is 5.00. The van der Waals surface area contributed by atoms with E-state index < -0.39 is 28.7 Å². The Labute approximate surface area is 142 Å². The third-order valence-corrected chi connectivity index (χ3v) is 3.41. The summed E-state index contributed by atoms with van der Waals surface area (Å²) >= 11 is 0. The molecule has 0 N–H and O–H groups in total. The van der Waals surface area contributed by atoms with Crippen molar-refractivity contribution < 1.29 is 18.3 Å². The molecular weight excluding hydrogens is 330 g/mol. The number of benzene rings is 1. The molecule has 0 aliphatic heterocycles. The molecule has 1 aromatic heterocycles. The maximum Gasteiger partial charge on any atom is 0.350 e. The van der Waals surface area contributed by atoms with Crippen LogP contribution in [0, 0.1) is 41.7 Å². The lowest BCUT2D eigenvalue weighted by Crippen LogP contribution is -2.25. The molecule has 0 saturated heterocycles. The molecular formula is C18H12F2N2O3. The Morgan fingerprint density at radius 3 is 2.36 bits per heavy atom. The van der Waals surface area contributed by atoms with Crippen LogP contribution in [0.5, 0.6) is 5.88 Å². The van der Waals surface area contributed by atoms with E-state index in [1.807, 2.05) is 0 Å². The number of nitrogens with zero attached hydrogens (tertiary/aromatic N) is 2. The number of aromatic nitrogens is 1. The van der Waals surface area contributed by atoms with Gasteiger partial charge >= 0.3 is 5.97 Å². The zero-order valence-corrected chi connectivity index (χ0v) is 13.6. The third-order valence-electron chi connectivity index (χ3n) is 3.41. The second kappa shape index (κ2) is 6.98. The Hall–Kier alpha value is -3.45. The second-order valence-electron chi connectivity index (χ2n) is 5.10. The summed E-state index contributed by atoms with van der Waals surface area (Å²) in [5.41, 5.74) is -1.32. The van der Waals surface area contributed by atoms with Crippen molar-refractivity contribution in [1.29, 1.82) is 5.26 Å². The smallest absolute Gasteiger partial charge is 0.350 e. The van der Waals surface area contributed by atoms with Gasteiger partial charge in [0.1, 0.15) is 28.8 Å². The summed E-state index contributed by atoms with van der Waals surface area (Å²) in [5, 5.41) is 8.94. The topological polar surface area (TPSA) is 72.1 Å². The number of carbonyl (C=O) groups excluding carboxylic acids is 1. The normalized spacial score (nSPS) is 9.76. The van der Waals surface area contributed by atoms with Crippen LogP contribution in [-0.4, -0.2) is 10.5 Å². The lowest BCUT2D eigenvalue weighted by Gasteiger charge is -2.11. The summed E-state index contributed by atoms with van der Waals surface area (Å²) in [5.74, 6) is 1.19. The number of halogens is 2. The molecule has 2 rings (SSSR count). The molecule has 2 aromatic rings. The summed E-state index contributed by atoms with van der Waals surface area (Å²) in [6.07, 6.45) is 0. The highest BCUT2D eigenvalue weighted by Gasteiger charge is 2.22. The van der Waals surface area contributed by atoms with Crippen LogP contribution < -0.4 is 10.3 Å². The fraction of sp³-hybridized carbons (Fsp3) is 0.167. The molecule has 0 amide bonds. The highest BCUT2D eigenvalue weighted by molar-refractivity contribution is 5.91. The number of rotatable bonds is 2. The van der Waals surface area contributed by atoms with Gasteiger partial charge in [-0.15, -0.1) is 5.92 Å². The second-order valence-corrected chi connectivity index (χ2v) is 5.10. The minimum Gasteiger partial charge on any atom is -0.405 e. The highest BCUT2D eigenvalue weighted by atomic mass is 19.1. The molecule has 0 radical (unpaired) electrons. The van der Waals surface area contributed by atoms with E-state index in [-0.39, 0.29) is 22.6 Å². The lowest BCUT2D eigenvalue weighted by atomic mass is 10.1. The molecule has 25 heavy (non-hydrogen) atoms. The first-order valence-corrected chi connectivity index (χ1v) is 7.04. The van der Waals surface area contributed by atoms with Crippen LogP contribution in [0.3, 0.4) is 0 Å². The van der Waals surface area contributed by atoms with Crippen LogP contribution in [-0.2, 0) is 7.05 Å². The van der Waals surface area contributed by atoms with Gasteiger partial charge in [0.25, 0.3) is 5.56 Å². The first kappa shape index (κ1) is 17.9. The van der Waals surface area contributed by atoms with E-state index in [2.05, 4.69) is 11.8 Å². The largest absolute Gasteiger partial charge is 0.405 e. The fourth-order valence-corrected chi connectivity index (χ4v) is 2.16. The van der Waals surface area contributed by atoms with Crippen molar-refractivity contribution in [2.24, 2.45) is 7.05 Å².